The number of carbonyl (C=O) groups is 2. The minimum atomic E-state index is -4.10. The molecule has 36 heavy (non-hydrogen) atoms. The smallest absolute Gasteiger partial charge is 0.262 e. The molecular formula is C27H24ClN3O4S. The molecule has 0 aromatic heterocycles. The number of ketones is 2. The summed E-state index contributed by atoms with van der Waals surface area (Å²) >= 11 is 6.15. The van der Waals surface area contributed by atoms with Gasteiger partial charge in [0.25, 0.3) is 10.0 Å². The van der Waals surface area contributed by atoms with Crippen LogP contribution in [-0.2, 0) is 10.0 Å². The first-order valence-electron chi connectivity index (χ1n) is 11.5. The fourth-order valence-electron chi connectivity index (χ4n) is 4.53. The number of halogens is 1. The molecule has 0 atom stereocenters. The molecule has 7 nitrogen and oxygen atoms in total. The first-order valence-corrected chi connectivity index (χ1v) is 13.4. The normalized spacial score (nSPS) is 16.3. The van der Waals surface area contributed by atoms with Crippen molar-refractivity contribution in [3.63, 3.8) is 0 Å². The Kier molecular flexibility index (Phi) is 6.32. The Hall–Kier alpha value is -3.62. The van der Waals surface area contributed by atoms with E-state index in [2.05, 4.69) is 9.62 Å². The van der Waals surface area contributed by atoms with E-state index in [-0.39, 0.29) is 33.2 Å². The number of fused-ring (bicyclic) bond motifs is 1. The molecule has 1 fully saturated rings. The topological polar surface area (TPSA) is 86.8 Å². The van der Waals surface area contributed by atoms with Gasteiger partial charge in [0.1, 0.15) is 11.4 Å². The van der Waals surface area contributed by atoms with Crippen molar-refractivity contribution >= 4 is 38.9 Å². The van der Waals surface area contributed by atoms with Gasteiger partial charge in [-0.2, -0.15) is 0 Å². The van der Waals surface area contributed by atoms with Gasteiger partial charge in [0.15, 0.2) is 0 Å². The molecule has 1 saturated heterocycles. The number of benzene rings is 3. The largest absolute Gasteiger partial charge is 0.368 e. The van der Waals surface area contributed by atoms with Crippen molar-refractivity contribution in [1.29, 1.82) is 0 Å². The Labute approximate surface area is 215 Å². The highest BCUT2D eigenvalue weighted by molar-refractivity contribution is 7.89. The maximum atomic E-state index is 13.6. The van der Waals surface area contributed by atoms with E-state index in [4.69, 9.17) is 11.6 Å². The number of piperazine rings is 1. The van der Waals surface area contributed by atoms with Gasteiger partial charge in [0, 0.05) is 48.0 Å². The van der Waals surface area contributed by atoms with Crippen LogP contribution in [0.2, 0.25) is 5.02 Å². The van der Waals surface area contributed by atoms with Crippen LogP contribution in [0.15, 0.2) is 89.1 Å². The summed E-state index contributed by atoms with van der Waals surface area (Å²) in [6.45, 7) is 3.86. The monoisotopic (exact) mass is 521 g/mol. The van der Waals surface area contributed by atoms with E-state index in [1.54, 1.807) is 41.3 Å². The molecule has 0 saturated carbocycles. The quantitative estimate of drug-likeness (QED) is 0.545. The standard InChI is InChI=1S/C27H24ClN3O4S/c1-18-9-11-21(12-10-18)36(34,35)29-24-25(27(33)23-8-3-2-7-22(23)26(24)32)31-15-13-30(14-16-31)20-6-4-5-19(28)17-20/h2-12,17,29H,13-16H2,1H3. The predicted molar refractivity (Wildman–Crippen MR) is 139 cm³/mol. The minimum Gasteiger partial charge on any atom is -0.368 e. The lowest BCUT2D eigenvalue weighted by Gasteiger charge is -2.39. The number of allylic oxidation sites excluding steroid dienone is 2. The lowest BCUT2D eigenvalue weighted by Crippen LogP contribution is -2.49. The van der Waals surface area contributed by atoms with E-state index in [1.807, 2.05) is 31.2 Å². The second-order valence-electron chi connectivity index (χ2n) is 8.80. The van der Waals surface area contributed by atoms with Crippen LogP contribution in [0.5, 0.6) is 0 Å². The highest BCUT2D eigenvalue weighted by Gasteiger charge is 2.38. The van der Waals surface area contributed by atoms with Crippen LogP contribution in [0, 0.1) is 6.92 Å². The lowest BCUT2D eigenvalue weighted by atomic mass is 9.89. The molecule has 1 N–H and O–H groups in total. The molecule has 0 unspecified atom stereocenters. The molecule has 0 bridgehead atoms. The van der Waals surface area contributed by atoms with E-state index >= 15 is 0 Å². The average Bonchev–Trinajstić information content (AvgIpc) is 2.88. The van der Waals surface area contributed by atoms with Gasteiger partial charge in [-0.25, -0.2) is 8.42 Å². The fraction of sp³-hybridized carbons (Fsp3) is 0.185. The molecule has 3 aromatic carbocycles. The van der Waals surface area contributed by atoms with Crippen LogP contribution in [-0.4, -0.2) is 51.1 Å². The van der Waals surface area contributed by atoms with Gasteiger partial charge in [0.2, 0.25) is 11.6 Å². The highest BCUT2D eigenvalue weighted by Crippen LogP contribution is 2.30. The Morgan fingerprint density at radius 2 is 1.39 bits per heavy atom. The highest BCUT2D eigenvalue weighted by atomic mass is 35.5. The van der Waals surface area contributed by atoms with Crippen LogP contribution >= 0.6 is 11.6 Å². The second-order valence-corrected chi connectivity index (χ2v) is 10.9. The predicted octanol–water partition coefficient (Wildman–Crippen LogP) is 4.04. The van der Waals surface area contributed by atoms with Gasteiger partial charge in [-0.05, 0) is 37.3 Å². The number of nitrogens with one attached hydrogen (secondary N) is 1. The van der Waals surface area contributed by atoms with E-state index in [0.29, 0.717) is 31.2 Å². The second kappa shape index (κ2) is 9.44. The van der Waals surface area contributed by atoms with Crippen LogP contribution in [0.4, 0.5) is 5.69 Å². The van der Waals surface area contributed by atoms with Gasteiger partial charge >= 0.3 is 0 Å². The zero-order valence-corrected chi connectivity index (χ0v) is 21.1. The molecule has 1 aliphatic carbocycles. The molecule has 9 heteroatoms. The SMILES string of the molecule is Cc1ccc(S(=O)(=O)NC2=C(N3CCN(c4cccc(Cl)c4)CC3)C(=O)c3ccccc3C2=O)cc1. The summed E-state index contributed by atoms with van der Waals surface area (Å²) in [5.74, 6) is -0.892. The Bertz CT molecular complexity index is 1490. The van der Waals surface area contributed by atoms with Gasteiger partial charge in [0.05, 0.1) is 4.90 Å². The Morgan fingerprint density at radius 3 is 2.03 bits per heavy atom. The van der Waals surface area contributed by atoms with Crippen molar-refractivity contribution < 1.29 is 18.0 Å². The third kappa shape index (κ3) is 4.50. The number of aryl methyl sites for hydroxylation is 1. The molecule has 3 aromatic rings. The number of carbonyl (C=O) groups excluding carboxylic acids is 2. The molecule has 5 rings (SSSR count). The van der Waals surface area contributed by atoms with Crippen molar-refractivity contribution in [3.8, 4) is 0 Å². The van der Waals surface area contributed by atoms with Crippen LogP contribution in [0.25, 0.3) is 0 Å². The molecule has 184 valence electrons. The van der Waals surface area contributed by atoms with Gasteiger partial charge in [-0.15, -0.1) is 0 Å². The molecular weight excluding hydrogens is 498 g/mol. The summed E-state index contributed by atoms with van der Waals surface area (Å²) in [5, 5.41) is 0.634. The lowest BCUT2D eigenvalue weighted by molar-refractivity contribution is 0.0935. The summed E-state index contributed by atoms with van der Waals surface area (Å²) in [6, 6.07) is 20.3. The van der Waals surface area contributed by atoms with E-state index < -0.39 is 15.8 Å². The summed E-state index contributed by atoms with van der Waals surface area (Å²) in [6.07, 6.45) is 0. The summed E-state index contributed by atoms with van der Waals surface area (Å²) in [4.78, 5) is 31.1. The number of anilines is 1. The van der Waals surface area contributed by atoms with Crippen molar-refractivity contribution in [2.45, 2.75) is 11.8 Å². The first-order chi connectivity index (χ1) is 17.2. The molecule has 1 aliphatic heterocycles. The molecule has 1 heterocycles. The zero-order valence-electron chi connectivity index (χ0n) is 19.6. The summed E-state index contributed by atoms with van der Waals surface area (Å²) in [7, 11) is -4.10. The van der Waals surface area contributed by atoms with Crippen LogP contribution < -0.4 is 9.62 Å². The van der Waals surface area contributed by atoms with E-state index in [0.717, 1.165) is 11.3 Å². The maximum Gasteiger partial charge on any atom is 0.262 e. The van der Waals surface area contributed by atoms with Crippen molar-refractivity contribution in [1.82, 2.24) is 9.62 Å². The van der Waals surface area contributed by atoms with Gasteiger partial charge in [-0.3, -0.25) is 14.3 Å². The van der Waals surface area contributed by atoms with Crippen molar-refractivity contribution in [2.75, 3.05) is 31.1 Å². The fourth-order valence-corrected chi connectivity index (χ4v) is 5.79. The molecule has 0 radical (unpaired) electrons. The number of rotatable bonds is 5. The van der Waals surface area contributed by atoms with Crippen LogP contribution in [0.1, 0.15) is 26.3 Å². The third-order valence-electron chi connectivity index (χ3n) is 6.43. The minimum absolute atomic E-state index is 0.0184. The summed E-state index contributed by atoms with van der Waals surface area (Å²) in [5.41, 5.74) is 2.20. The number of nitrogens with zero attached hydrogens (tertiary/aromatic N) is 2. The van der Waals surface area contributed by atoms with Crippen molar-refractivity contribution in [3.05, 3.63) is 106 Å². The van der Waals surface area contributed by atoms with Gasteiger partial charge in [-0.1, -0.05) is 59.6 Å². The number of hydrogen-bond donors (Lipinski definition) is 1. The Balaban J connectivity index is 1.51. The molecule has 0 spiro atoms. The molecule has 2 aliphatic rings. The molecule has 0 amide bonds. The number of sulfonamides is 1. The Morgan fingerprint density at radius 1 is 0.778 bits per heavy atom. The zero-order chi connectivity index (χ0) is 25.4. The average molecular weight is 522 g/mol. The summed E-state index contributed by atoms with van der Waals surface area (Å²) < 4.78 is 28.9. The van der Waals surface area contributed by atoms with Gasteiger partial charge < -0.3 is 9.80 Å². The maximum absolute atomic E-state index is 13.6. The number of hydrogen-bond acceptors (Lipinski definition) is 6. The first kappa shape index (κ1) is 24.1. The third-order valence-corrected chi connectivity index (χ3v) is 8.03. The van der Waals surface area contributed by atoms with Crippen LogP contribution in [0.3, 0.4) is 0 Å². The van der Waals surface area contributed by atoms with E-state index in [1.165, 1.54) is 12.1 Å². The number of Topliss-reactive ketones (excluding diaryl/α,β-unsaturated/α-hetero) is 2. The van der Waals surface area contributed by atoms with Crippen molar-refractivity contribution in [2.24, 2.45) is 0 Å². The van der Waals surface area contributed by atoms with E-state index in [9.17, 15) is 18.0 Å².